The molecule has 0 aliphatic carbocycles. The van der Waals surface area contributed by atoms with Crippen LogP contribution in [0.1, 0.15) is 22.1 Å². The summed E-state index contributed by atoms with van der Waals surface area (Å²) in [6, 6.07) is 4.76. The first-order valence-electron chi connectivity index (χ1n) is 6.74. The summed E-state index contributed by atoms with van der Waals surface area (Å²) in [5.41, 5.74) is 0.356. The van der Waals surface area contributed by atoms with E-state index in [1.807, 2.05) is 0 Å². The number of amides is 1. The van der Waals surface area contributed by atoms with Crippen LogP contribution in [-0.4, -0.2) is 35.4 Å². The van der Waals surface area contributed by atoms with E-state index in [1.165, 1.54) is 0 Å². The Morgan fingerprint density at radius 2 is 2.13 bits per heavy atom. The number of carbonyl (C=O) groups is 2. The molecule has 1 aliphatic rings. The Hall–Kier alpha value is -3.10. The number of esters is 1. The Balaban J connectivity index is 1.47. The molecule has 1 aliphatic heterocycles. The second kappa shape index (κ2) is 6.34. The predicted molar refractivity (Wildman–Crippen MR) is 73.7 cm³/mol. The van der Waals surface area contributed by atoms with Crippen LogP contribution in [0.4, 0.5) is 0 Å². The van der Waals surface area contributed by atoms with E-state index < -0.39 is 11.9 Å². The summed E-state index contributed by atoms with van der Waals surface area (Å²) in [6.45, 7) is 1.36. The number of carbonyl (C=O) groups excluding carboxylic acids is 2. The first-order chi connectivity index (χ1) is 11.1. The van der Waals surface area contributed by atoms with E-state index in [0.29, 0.717) is 22.9 Å². The van der Waals surface area contributed by atoms with Crippen LogP contribution in [0.3, 0.4) is 0 Å². The lowest BCUT2D eigenvalue weighted by atomic mass is 10.2. The molecule has 0 atom stereocenters. The van der Waals surface area contributed by atoms with E-state index in [4.69, 9.17) is 18.7 Å². The van der Waals surface area contributed by atoms with Gasteiger partial charge >= 0.3 is 5.97 Å². The van der Waals surface area contributed by atoms with Crippen molar-refractivity contribution < 1.29 is 28.3 Å². The maximum Gasteiger partial charge on any atom is 0.325 e. The van der Waals surface area contributed by atoms with Gasteiger partial charge in [0, 0.05) is 5.56 Å². The van der Waals surface area contributed by atoms with Crippen molar-refractivity contribution in [2.24, 2.45) is 0 Å². The minimum atomic E-state index is -0.616. The summed E-state index contributed by atoms with van der Waals surface area (Å²) >= 11 is 0. The number of ether oxygens (including phenoxy) is 3. The molecule has 9 heteroatoms. The number of nitrogens with one attached hydrogen (secondary N) is 1. The average Bonchev–Trinajstić information content (AvgIpc) is 3.18. The number of rotatable bonds is 5. The smallest absolute Gasteiger partial charge is 0.325 e. The number of hydrogen-bond donors (Lipinski definition) is 1. The maximum atomic E-state index is 12.0. The average molecular weight is 319 g/mol. The molecule has 120 valence electrons. The largest absolute Gasteiger partial charge is 0.454 e. The van der Waals surface area contributed by atoms with Gasteiger partial charge in [-0.25, -0.2) is 0 Å². The number of hydrogen-bond acceptors (Lipinski definition) is 8. The molecule has 3 rings (SSSR count). The van der Waals surface area contributed by atoms with E-state index in [2.05, 4.69) is 15.5 Å². The van der Waals surface area contributed by atoms with Crippen LogP contribution in [0.2, 0.25) is 0 Å². The van der Waals surface area contributed by atoms with Crippen LogP contribution in [0.25, 0.3) is 0 Å². The first-order valence-corrected chi connectivity index (χ1v) is 6.74. The van der Waals surface area contributed by atoms with Crippen molar-refractivity contribution in [3.05, 3.63) is 35.5 Å². The minimum Gasteiger partial charge on any atom is -0.454 e. The SMILES string of the molecule is Cc1noc(COC(=O)CNC(=O)c2ccc3c(c2)OCO3)n1. The molecule has 1 amide bonds. The number of aryl methyl sites for hydroxylation is 1. The molecular weight excluding hydrogens is 306 g/mol. The van der Waals surface area contributed by atoms with E-state index in [0.717, 1.165) is 0 Å². The van der Waals surface area contributed by atoms with E-state index >= 15 is 0 Å². The van der Waals surface area contributed by atoms with Crippen molar-refractivity contribution in [3.8, 4) is 11.5 Å². The molecule has 23 heavy (non-hydrogen) atoms. The lowest BCUT2D eigenvalue weighted by Gasteiger charge is -2.05. The Labute approximate surface area is 130 Å². The Morgan fingerprint density at radius 1 is 1.30 bits per heavy atom. The molecule has 1 N–H and O–H groups in total. The van der Waals surface area contributed by atoms with Gasteiger partial charge in [-0.15, -0.1) is 0 Å². The van der Waals surface area contributed by atoms with Crippen molar-refractivity contribution in [2.45, 2.75) is 13.5 Å². The molecule has 1 aromatic carbocycles. The molecule has 1 aromatic heterocycles. The summed E-state index contributed by atoms with van der Waals surface area (Å²) < 4.78 is 20.1. The molecule has 2 heterocycles. The zero-order valence-electron chi connectivity index (χ0n) is 12.2. The van der Waals surface area contributed by atoms with Gasteiger partial charge in [0.15, 0.2) is 23.9 Å². The Morgan fingerprint density at radius 3 is 2.91 bits per heavy atom. The highest BCUT2D eigenvalue weighted by Crippen LogP contribution is 2.32. The predicted octanol–water partition coefficient (Wildman–Crippen LogP) is 0.580. The van der Waals surface area contributed by atoms with Gasteiger partial charge in [-0.1, -0.05) is 5.16 Å². The standard InChI is InChI=1S/C14H13N3O6/c1-8-16-12(23-17-8)6-20-13(18)5-15-14(19)9-2-3-10-11(4-9)22-7-21-10/h2-4H,5-7H2,1H3,(H,15,19). The quantitative estimate of drug-likeness (QED) is 0.796. The van der Waals surface area contributed by atoms with Crippen LogP contribution in [0.15, 0.2) is 22.7 Å². The van der Waals surface area contributed by atoms with E-state index in [-0.39, 0.29) is 25.8 Å². The van der Waals surface area contributed by atoms with Crippen molar-refractivity contribution in [1.29, 1.82) is 0 Å². The normalized spacial score (nSPS) is 12.0. The molecule has 0 saturated carbocycles. The summed E-state index contributed by atoms with van der Waals surface area (Å²) in [4.78, 5) is 27.4. The monoisotopic (exact) mass is 319 g/mol. The molecule has 0 fully saturated rings. The van der Waals surface area contributed by atoms with Gasteiger partial charge in [-0.2, -0.15) is 4.98 Å². The van der Waals surface area contributed by atoms with Crippen LogP contribution >= 0.6 is 0 Å². The highest BCUT2D eigenvalue weighted by atomic mass is 16.7. The second-order valence-corrected chi connectivity index (χ2v) is 4.65. The van der Waals surface area contributed by atoms with Gasteiger partial charge in [0.25, 0.3) is 11.8 Å². The number of nitrogens with zero attached hydrogens (tertiary/aromatic N) is 2. The van der Waals surface area contributed by atoms with Crippen LogP contribution < -0.4 is 14.8 Å². The molecule has 0 radical (unpaired) electrons. The van der Waals surface area contributed by atoms with E-state index in [9.17, 15) is 9.59 Å². The van der Waals surface area contributed by atoms with E-state index in [1.54, 1.807) is 25.1 Å². The fraction of sp³-hybridized carbons (Fsp3) is 0.286. The summed E-state index contributed by atoms with van der Waals surface area (Å²) in [5.74, 6) is 0.678. The van der Waals surface area contributed by atoms with Crippen LogP contribution in [0.5, 0.6) is 11.5 Å². The van der Waals surface area contributed by atoms with Gasteiger partial charge in [0.05, 0.1) is 0 Å². The third kappa shape index (κ3) is 3.57. The molecule has 0 unspecified atom stereocenters. The van der Waals surface area contributed by atoms with Crippen molar-refractivity contribution in [3.63, 3.8) is 0 Å². The summed E-state index contributed by atoms with van der Waals surface area (Å²) in [7, 11) is 0. The fourth-order valence-electron chi connectivity index (χ4n) is 1.88. The third-order valence-electron chi connectivity index (χ3n) is 2.95. The molecule has 0 bridgehead atoms. The number of aromatic nitrogens is 2. The number of fused-ring (bicyclic) bond motifs is 1. The zero-order chi connectivity index (χ0) is 16.2. The van der Waals surface area contributed by atoms with Crippen molar-refractivity contribution >= 4 is 11.9 Å². The third-order valence-corrected chi connectivity index (χ3v) is 2.95. The zero-order valence-corrected chi connectivity index (χ0v) is 12.2. The molecule has 0 saturated heterocycles. The molecule has 0 spiro atoms. The van der Waals surface area contributed by atoms with Gasteiger partial charge in [0.1, 0.15) is 6.54 Å². The maximum absolute atomic E-state index is 12.0. The van der Waals surface area contributed by atoms with Crippen LogP contribution in [0, 0.1) is 6.92 Å². The molecular formula is C14H13N3O6. The lowest BCUT2D eigenvalue weighted by Crippen LogP contribution is -2.30. The minimum absolute atomic E-state index is 0.127. The molecule has 2 aromatic rings. The topological polar surface area (TPSA) is 113 Å². The van der Waals surface area contributed by atoms with Gasteiger partial charge < -0.3 is 24.1 Å². The second-order valence-electron chi connectivity index (χ2n) is 4.65. The van der Waals surface area contributed by atoms with Crippen molar-refractivity contribution in [1.82, 2.24) is 15.5 Å². The fourth-order valence-corrected chi connectivity index (χ4v) is 1.88. The summed E-state index contributed by atoms with van der Waals surface area (Å²) in [5, 5.41) is 6.02. The van der Waals surface area contributed by atoms with Crippen LogP contribution in [-0.2, 0) is 16.1 Å². The van der Waals surface area contributed by atoms with Gasteiger partial charge in [0.2, 0.25) is 6.79 Å². The van der Waals surface area contributed by atoms with Gasteiger partial charge in [-0.05, 0) is 25.1 Å². The van der Waals surface area contributed by atoms with Gasteiger partial charge in [-0.3, -0.25) is 9.59 Å². The lowest BCUT2D eigenvalue weighted by molar-refractivity contribution is -0.144. The first kappa shape index (κ1) is 14.8. The Bertz CT molecular complexity index is 742. The van der Waals surface area contributed by atoms with Crippen molar-refractivity contribution in [2.75, 3.05) is 13.3 Å². The Kier molecular flexibility index (Phi) is 4.09. The summed E-state index contributed by atoms with van der Waals surface area (Å²) in [6.07, 6.45) is 0. The highest BCUT2D eigenvalue weighted by Gasteiger charge is 2.17. The highest BCUT2D eigenvalue weighted by molar-refractivity contribution is 5.96. The number of benzene rings is 1. The molecule has 9 nitrogen and oxygen atoms in total.